The van der Waals surface area contributed by atoms with E-state index in [1.54, 1.807) is 14.2 Å². The van der Waals surface area contributed by atoms with Gasteiger partial charge in [0, 0.05) is 14.2 Å². The number of methoxy groups -OCH3 is 2. The second-order valence-corrected chi connectivity index (χ2v) is 3.27. The minimum Gasteiger partial charge on any atom is -0.491 e. The van der Waals surface area contributed by atoms with Crippen molar-refractivity contribution in [3.05, 3.63) is 36.8 Å². The first-order valence-corrected chi connectivity index (χ1v) is 4.83. The Balaban J connectivity index is 2.41. The summed E-state index contributed by atoms with van der Waals surface area (Å²) in [5.41, 5.74) is 0.938. The van der Waals surface area contributed by atoms with Crippen molar-refractivity contribution < 1.29 is 14.2 Å². The lowest BCUT2D eigenvalue weighted by atomic mass is 10.2. The Morgan fingerprint density at radius 1 is 1.27 bits per heavy atom. The van der Waals surface area contributed by atoms with Gasteiger partial charge in [-0.1, -0.05) is 12.1 Å². The highest BCUT2D eigenvalue weighted by Gasteiger charge is 2.07. The summed E-state index contributed by atoms with van der Waals surface area (Å²) in [5, 5.41) is 0. The maximum Gasteiger partial charge on any atom is 0.119 e. The molecule has 83 valence electrons. The molecular weight excluding hydrogens is 192 g/mol. The fourth-order valence-corrected chi connectivity index (χ4v) is 1.19. The van der Waals surface area contributed by atoms with Crippen molar-refractivity contribution in [2.24, 2.45) is 0 Å². The quantitative estimate of drug-likeness (QED) is 0.716. The van der Waals surface area contributed by atoms with Crippen molar-refractivity contribution in [2.45, 2.75) is 6.10 Å². The first kappa shape index (κ1) is 12.0. The molecule has 1 unspecified atom stereocenters. The third-order valence-electron chi connectivity index (χ3n) is 2.02. The highest BCUT2D eigenvalue weighted by atomic mass is 16.5. The van der Waals surface area contributed by atoms with E-state index in [0.29, 0.717) is 13.2 Å². The molecular formula is C12H17O3. The van der Waals surface area contributed by atoms with Crippen LogP contribution in [-0.4, -0.2) is 33.5 Å². The van der Waals surface area contributed by atoms with Gasteiger partial charge in [0.1, 0.15) is 18.5 Å². The lowest BCUT2D eigenvalue weighted by Crippen LogP contribution is -2.25. The molecule has 0 amide bonds. The number of ether oxygens (including phenoxy) is 3. The zero-order valence-corrected chi connectivity index (χ0v) is 9.23. The van der Waals surface area contributed by atoms with Gasteiger partial charge in [0.05, 0.1) is 6.61 Å². The molecule has 0 saturated heterocycles. The SMILES string of the molecule is [CH2]c1cccc(OCC(COC)OC)c1. The van der Waals surface area contributed by atoms with E-state index in [1.165, 1.54) is 0 Å². The van der Waals surface area contributed by atoms with E-state index in [4.69, 9.17) is 14.2 Å². The molecule has 1 rings (SSSR count). The summed E-state index contributed by atoms with van der Waals surface area (Å²) in [5.74, 6) is 0.806. The van der Waals surface area contributed by atoms with Crippen molar-refractivity contribution >= 4 is 0 Å². The molecule has 0 aliphatic carbocycles. The van der Waals surface area contributed by atoms with E-state index in [-0.39, 0.29) is 6.10 Å². The van der Waals surface area contributed by atoms with Crippen LogP contribution in [0.3, 0.4) is 0 Å². The van der Waals surface area contributed by atoms with Gasteiger partial charge in [-0.3, -0.25) is 0 Å². The predicted octanol–water partition coefficient (Wildman–Crippen LogP) is 1.91. The van der Waals surface area contributed by atoms with Crippen molar-refractivity contribution in [1.82, 2.24) is 0 Å². The molecule has 1 aromatic rings. The average Bonchev–Trinajstić information content (AvgIpc) is 2.24. The number of rotatable bonds is 6. The molecule has 0 aromatic heterocycles. The number of hydrogen-bond acceptors (Lipinski definition) is 3. The van der Waals surface area contributed by atoms with Crippen LogP contribution in [0.1, 0.15) is 5.56 Å². The first-order valence-electron chi connectivity index (χ1n) is 4.83. The maximum atomic E-state index is 5.55. The van der Waals surface area contributed by atoms with Crippen LogP contribution in [0, 0.1) is 6.92 Å². The summed E-state index contributed by atoms with van der Waals surface area (Å²) in [7, 11) is 3.29. The van der Waals surface area contributed by atoms with Crippen LogP contribution < -0.4 is 4.74 Å². The van der Waals surface area contributed by atoms with Crippen molar-refractivity contribution in [3.63, 3.8) is 0 Å². The minimum absolute atomic E-state index is 0.0385. The Hall–Kier alpha value is -1.06. The van der Waals surface area contributed by atoms with Crippen LogP contribution in [0.15, 0.2) is 24.3 Å². The molecule has 0 heterocycles. The van der Waals surface area contributed by atoms with Crippen molar-refractivity contribution in [2.75, 3.05) is 27.4 Å². The Morgan fingerprint density at radius 3 is 2.67 bits per heavy atom. The van der Waals surface area contributed by atoms with Gasteiger partial charge < -0.3 is 14.2 Å². The molecule has 0 fully saturated rings. The third kappa shape index (κ3) is 4.32. The van der Waals surface area contributed by atoms with E-state index in [2.05, 4.69) is 6.92 Å². The van der Waals surface area contributed by atoms with Gasteiger partial charge in [0.2, 0.25) is 0 Å². The average molecular weight is 209 g/mol. The number of hydrogen-bond donors (Lipinski definition) is 0. The molecule has 0 aliphatic rings. The van der Waals surface area contributed by atoms with Crippen molar-refractivity contribution in [1.29, 1.82) is 0 Å². The fourth-order valence-electron chi connectivity index (χ4n) is 1.19. The number of benzene rings is 1. The summed E-state index contributed by atoms with van der Waals surface area (Å²) in [6.45, 7) is 4.84. The molecule has 0 bridgehead atoms. The Kier molecular flexibility index (Phi) is 5.15. The highest BCUT2D eigenvalue weighted by Crippen LogP contribution is 2.12. The van der Waals surface area contributed by atoms with E-state index in [9.17, 15) is 0 Å². The lowest BCUT2D eigenvalue weighted by molar-refractivity contribution is 0.000871. The summed E-state index contributed by atoms with van der Waals surface area (Å²) < 4.78 is 15.7. The molecule has 0 spiro atoms. The van der Waals surface area contributed by atoms with Gasteiger partial charge in [-0.05, 0) is 24.6 Å². The maximum absolute atomic E-state index is 5.55. The molecule has 0 N–H and O–H groups in total. The van der Waals surface area contributed by atoms with Gasteiger partial charge in [0.15, 0.2) is 0 Å². The minimum atomic E-state index is -0.0385. The molecule has 3 nitrogen and oxygen atoms in total. The monoisotopic (exact) mass is 209 g/mol. The third-order valence-corrected chi connectivity index (χ3v) is 2.02. The Bertz CT molecular complexity index is 286. The van der Waals surface area contributed by atoms with Crippen LogP contribution in [0.2, 0.25) is 0 Å². The summed E-state index contributed by atoms with van der Waals surface area (Å²) in [6.07, 6.45) is -0.0385. The zero-order chi connectivity index (χ0) is 11.1. The fraction of sp³-hybridized carbons (Fsp3) is 0.417. The molecule has 1 atom stereocenters. The molecule has 15 heavy (non-hydrogen) atoms. The van der Waals surface area contributed by atoms with E-state index in [1.807, 2.05) is 24.3 Å². The molecule has 1 radical (unpaired) electrons. The smallest absolute Gasteiger partial charge is 0.119 e. The van der Waals surface area contributed by atoms with Crippen LogP contribution in [0.4, 0.5) is 0 Å². The van der Waals surface area contributed by atoms with Crippen LogP contribution in [-0.2, 0) is 9.47 Å². The second kappa shape index (κ2) is 6.43. The first-order chi connectivity index (χ1) is 7.26. The zero-order valence-electron chi connectivity index (χ0n) is 9.23. The van der Waals surface area contributed by atoms with Gasteiger partial charge >= 0.3 is 0 Å². The summed E-state index contributed by atoms with van der Waals surface area (Å²) in [6, 6.07) is 7.62. The van der Waals surface area contributed by atoms with Gasteiger partial charge in [-0.2, -0.15) is 0 Å². The van der Waals surface area contributed by atoms with Crippen molar-refractivity contribution in [3.8, 4) is 5.75 Å². The predicted molar refractivity (Wildman–Crippen MR) is 59.1 cm³/mol. The summed E-state index contributed by atoms with van der Waals surface area (Å²) in [4.78, 5) is 0. The van der Waals surface area contributed by atoms with Crippen LogP contribution >= 0.6 is 0 Å². The topological polar surface area (TPSA) is 27.7 Å². The highest BCUT2D eigenvalue weighted by molar-refractivity contribution is 5.29. The molecule has 0 aliphatic heterocycles. The molecule has 3 heteroatoms. The Morgan fingerprint density at radius 2 is 2.07 bits per heavy atom. The molecule has 1 aromatic carbocycles. The van der Waals surface area contributed by atoms with E-state index >= 15 is 0 Å². The van der Waals surface area contributed by atoms with Crippen LogP contribution in [0.25, 0.3) is 0 Å². The normalized spacial score (nSPS) is 12.5. The van der Waals surface area contributed by atoms with Gasteiger partial charge in [0.25, 0.3) is 0 Å². The van der Waals surface area contributed by atoms with E-state index < -0.39 is 0 Å². The lowest BCUT2D eigenvalue weighted by Gasteiger charge is -2.15. The van der Waals surface area contributed by atoms with Crippen LogP contribution in [0.5, 0.6) is 5.75 Å². The molecule has 0 saturated carbocycles. The second-order valence-electron chi connectivity index (χ2n) is 3.27. The largest absolute Gasteiger partial charge is 0.491 e. The van der Waals surface area contributed by atoms with E-state index in [0.717, 1.165) is 11.3 Å². The van der Waals surface area contributed by atoms with Gasteiger partial charge in [-0.25, -0.2) is 0 Å². The Labute approximate surface area is 91.0 Å². The summed E-state index contributed by atoms with van der Waals surface area (Å²) >= 11 is 0. The standard InChI is InChI=1S/C12H17O3/c1-10-5-4-6-11(7-10)15-9-12(14-3)8-13-2/h4-7,12H,1,8-9H2,2-3H3. The van der Waals surface area contributed by atoms with Gasteiger partial charge in [-0.15, -0.1) is 0 Å².